The number of rotatable bonds is 6. The summed E-state index contributed by atoms with van der Waals surface area (Å²) >= 11 is 0. The van der Waals surface area contributed by atoms with E-state index in [0.29, 0.717) is 81.4 Å². The molecule has 0 saturated carbocycles. The molecule has 1 fully saturated rings. The molecule has 34 heavy (non-hydrogen) atoms. The molecule has 4 aliphatic rings. The molecule has 0 aromatic heterocycles. The lowest BCUT2D eigenvalue weighted by Crippen LogP contribution is -2.34. The Morgan fingerprint density at radius 2 is 1.85 bits per heavy atom. The van der Waals surface area contributed by atoms with Crippen molar-refractivity contribution in [2.24, 2.45) is 0 Å². The first-order valence-electron chi connectivity index (χ1n) is 11.8. The molecule has 0 bridgehead atoms. The Hall–Kier alpha value is -3.33. The molecular weight excluding hydrogens is 441 g/mol. The van der Waals surface area contributed by atoms with Crippen LogP contribution in [0.1, 0.15) is 29.9 Å². The number of ether oxygens (including phenoxy) is 3. The summed E-state index contributed by atoms with van der Waals surface area (Å²) in [5.41, 5.74) is 3.23. The fraction of sp³-hybridized carbons (Fsp3) is 0.440. The van der Waals surface area contributed by atoms with Gasteiger partial charge in [0.2, 0.25) is 5.91 Å². The second-order valence-corrected chi connectivity index (χ2v) is 9.11. The number of hydrogen-bond donors (Lipinski definition) is 1. The van der Waals surface area contributed by atoms with E-state index in [1.54, 1.807) is 28.0 Å². The summed E-state index contributed by atoms with van der Waals surface area (Å²) in [4.78, 5) is 28.1. The molecule has 2 aromatic carbocycles. The number of fused-ring (bicyclic) bond motifs is 1. The Morgan fingerprint density at radius 3 is 2.74 bits per heavy atom. The molecule has 0 unspecified atom stereocenters. The first-order chi connectivity index (χ1) is 16.6. The average molecular weight is 467 g/mol. The van der Waals surface area contributed by atoms with Crippen molar-refractivity contribution < 1.29 is 28.2 Å². The summed E-state index contributed by atoms with van der Waals surface area (Å²) in [6.07, 6.45) is 1.17. The van der Waals surface area contributed by atoms with E-state index in [-0.39, 0.29) is 23.7 Å². The van der Waals surface area contributed by atoms with Crippen LogP contribution in [0.25, 0.3) is 0 Å². The van der Waals surface area contributed by atoms with Crippen LogP contribution in [0.2, 0.25) is 0 Å². The molecule has 4 heterocycles. The van der Waals surface area contributed by atoms with Crippen molar-refractivity contribution in [2.45, 2.75) is 31.3 Å². The molecule has 2 aromatic rings. The first-order valence-corrected chi connectivity index (χ1v) is 11.8. The van der Waals surface area contributed by atoms with E-state index >= 15 is 0 Å². The lowest BCUT2D eigenvalue weighted by atomic mass is 9.93. The standard InChI is InChI=1S/C25H26FN3O5/c26-19-4-1-15-2-6-22(30)29-13-16(23(19)24(15)29)7-8-27-12-18-14-28(25(31)34-18)17-3-5-20-21(11-17)33-10-9-32-20/h1,3-5,11,16,18,27H,2,6-10,12-14H2/t16-,18+/m0/s1. The number of amides is 2. The number of anilines is 2. The number of nitrogens with one attached hydrogen (secondary N) is 1. The second kappa shape index (κ2) is 8.47. The number of halogens is 1. The minimum absolute atomic E-state index is 0.0372. The van der Waals surface area contributed by atoms with Gasteiger partial charge in [-0.3, -0.25) is 9.69 Å². The molecule has 0 aliphatic carbocycles. The fourth-order valence-corrected chi connectivity index (χ4v) is 5.36. The molecule has 0 spiro atoms. The molecule has 178 valence electrons. The molecular formula is C25H26FN3O5. The second-order valence-electron chi connectivity index (χ2n) is 9.11. The molecule has 4 aliphatic heterocycles. The smallest absolute Gasteiger partial charge is 0.414 e. The highest BCUT2D eigenvalue weighted by Crippen LogP contribution is 2.44. The van der Waals surface area contributed by atoms with Gasteiger partial charge in [-0.2, -0.15) is 0 Å². The Labute approximate surface area is 196 Å². The fourth-order valence-electron chi connectivity index (χ4n) is 5.36. The Morgan fingerprint density at radius 1 is 1.00 bits per heavy atom. The zero-order chi connectivity index (χ0) is 23.2. The lowest BCUT2D eigenvalue weighted by Gasteiger charge is -2.25. The summed E-state index contributed by atoms with van der Waals surface area (Å²) in [6, 6.07) is 8.75. The molecule has 9 heteroatoms. The van der Waals surface area contributed by atoms with Gasteiger partial charge in [0.25, 0.3) is 0 Å². The third-order valence-electron chi connectivity index (χ3n) is 6.99. The summed E-state index contributed by atoms with van der Waals surface area (Å²) in [7, 11) is 0. The van der Waals surface area contributed by atoms with E-state index in [1.807, 2.05) is 6.07 Å². The van der Waals surface area contributed by atoms with Crippen LogP contribution in [0.3, 0.4) is 0 Å². The van der Waals surface area contributed by atoms with E-state index in [4.69, 9.17) is 14.2 Å². The van der Waals surface area contributed by atoms with Crippen LogP contribution in [0.15, 0.2) is 30.3 Å². The van der Waals surface area contributed by atoms with Gasteiger partial charge in [0.1, 0.15) is 25.1 Å². The van der Waals surface area contributed by atoms with Crippen LogP contribution >= 0.6 is 0 Å². The summed E-state index contributed by atoms with van der Waals surface area (Å²) in [5, 5.41) is 3.35. The predicted octanol–water partition coefficient (Wildman–Crippen LogP) is 2.98. The number of nitrogens with zero attached hydrogens (tertiary/aromatic N) is 2. The maximum absolute atomic E-state index is 14.7. The van der Waals surface area contributed by atoms with Crippen molar-refractivity contribution in [3.8, 4) is 11.5 Å². The number of cyclic esters (lactones) is 1. The Balaban J connectivity index is 1.04. The van der Waals surface area contributed by atoms with Crippen LogP contribution in [-0.4, -0.2) is 57.5 Å². The molecule has 6 rings (SSSR count). The van der Waals surface area contributed by atoms with Crippen molar-refractivity contribution in [3.05, 3.63) is 47.3 Å². The van der Waals surface area contributed by atoms with Crippen molar-refractivity contribution in [1.29, 1.82) is 0 Å². The van der Waals surface area contributed by atoms with Crippen molar-refractivity contribution in [2.75, 3.05) is 49.2 Å². The van der Waals surface area contributed by atoms with E-state index < -0.39 is 6.09 Å². The summed E-state index contributed by atoms with van der Waals surface area (Å²) < 4.78 is 31.3. The van der Waals surface area contributed by atoms with E-state index in [0.717, 1.165) is 11.3 Å². The van der Waals surface area contributed by atoms with Gasteiger partial charge in [-0.25, -0.2) is 9.18 Å². The van der Waals surface area contributed by atoms with Gasteiger partial charge in [-0.15, -0.1) is 0 Å². The first kappa shape index (κ1) is 21.2. The van der Waals surface area contributed by atoms with Gasteiger partial charge in [-0.05, 0) is 43.1 Å². The van der Waals surface area contributed by atoms with E-state index in [1.165, 1.54) is 6.07 Å². The SMILES string of the molecule is O=C1O[C@H](CNCC[C@H]2CN3C(=O)CCc4ccc(F)c2c43)CN1c1ccc2c(c1)OCCO2. The number of carbonyl (C=O) groups excluding carboxylic acids is 2. The topological polar surface area (TPSA) is 80.3 Å². The number of aryl methyl sites for hydroxylation is 1. The third kappa shape index (κ3) is 3.64. The highest BCUT2D eigenvalue weighted by atomic mass is 19.1. The maximum atomic E-state index is 14.7. The van der Waals surface area contributed by atoms with Crippen LogP contribution in [0, 0.1) is 5.82 Å². The van der Waals surface area contributed by atoms with Crippen molar-refractivity contribution in [1.82, 2.24) is 5.32 Å². The minimum atomic E-state index is -0.393. The monoisotopic (exact) mass is 467 g/mol. The normalized spacial score (nSPS) is 22.7. The summed E-state index contributed by atoms with van der Waals surface area (Å²) in [6.45, 7) is 3.08. The quantitative estimate of drug-likeness (QED) is 0.658. The number of benzene rings is 2. The average Bonchev–Trinajstić information content (AvgIpc) is 3.42. The van der Waals surface area contributed by atoms with E-state index in [9.17, 15) is 14.0 Å². The van der Waals surface area contributed by atoms with Crippen LogP contribution in [-0.2, 0) is 16.0 Å². The number of hydrogen-bond acceptors (Lipinski definition) is 6. The Bertz CT molecular complexity index is 1160. The van der Waals surface area contributed by atoms with Gasteiger partial charge >= 0.3 is 6.09 Å². The van der Waals surface area contributed by atoms with Crippen LogP contribution < -0.4 is 24.6 Å². The van der Waals surface area contributed by atoms with Gasteiger partial charge in [0.15, 0.2) is 11.5 Å². The predicted molar refractivity (Wildman–Crippen MR) is 122 cm³/mol. The zero-order valence-corrected chi connectivity index (χ0v) is 18.7. The van der Waals surface area contributed by atoms with Gasteiger partial charge in [0.05, 0.1) is 17.9 Å². The van der Waals surface area contributed by atoms with Crippen LogP contribution in [0.5, 0.6) is 11.5 Å². The Kier molecular flexibility index (Phi) is 5.28. The highest BCUT2D eigenvalue weighted by Gasteiger charge is 2.38. The highest BCUT2D eigenvalue weighted by molar-refractivity contribution is 5.99. The molecule has 0 radical (unpaired) electrons. The summed E-state index contributed by atoms with van der Waals surface area (Å²) in [5.74, 6) is 1.10. The zero-order valence-electron chi connectivity index (χ0n) is 18.7. The van der Waals surface area contributed by atoms with Crippen molar-refractivity contribution >= 4 is 23.4 Å². The largest absolute Gasteiger partial charge is 0.486 e. The maximum Gasteiger partial charge on any atom is 0.414 e. The molecule has 1 N–H and O–H groups in total. The molecule has 2 amide bonds. The van der Waals surface area contributed by atoms with Gasteiger partial charge < -0.3 is 24.4 Å². The van der Waals surface area contributed by atoms with Crippen molar-refractivity contribution in [3.63, 3.8) is 0 Å². The van der Waals surface area contributed by atoms with Crippen LogP contribution in [0.4, 0.5) is 20.6 Å². The lowest BCUT2D eigenvalue weighted by molar-refractivity contribution is -0.118. The number of carbonyl (C=O) groups is 2. The third-order valence-corrected chi connectivity index (χ3v) is 6.99. The minimum Gasteiger partial charge on any atom is -0.486 e. The molecule has 1 saturated heterocycles. The van der Waals surface area contributed by atoms with E-state index in [2.05, 4.69) is 5.32 Å². The van der Waals surface area contributed by atoms with Gasteiger partial charge in [-0.1, -0.05) is 6.07 Å². The molecule has 8 nitrogen and oxygen atoms in total. The molecule has 2 atom stereocenters. The van der Waals surface area contributed by atoms with Gasteiger partial charge in [0, 0.05) is 37.1 Å².